The highest BCUT2D eigenvalue weighted by atomic mass is 32.2. The van der Waals surface area contributed by atoms with Crippen molar-refractivity contribution in [3.05, 3.63) is 24.3 Å². The van der Waals surface area contributed by atoms with Gasteiger partial charge in [-0.2, -0.15) is 0 Å². The van der Waals surface area contributed by atoms with Crippen LogP contribution < -0.4 is 15.4 Å². The molecule has 1 unspecified atom stereocenters. The summed E-state index contributed by atoms with van der Waals surface area (Å²) in [5.74, 6) is -0.216. The molecule has 0 radical (unpaired) electrons. The largest absolute Gasteiger partial charge is 0.375 e. The lowest BCUT2D eigenvalue weighted by Crippen LogP contribution is -2.40. The number of ether oxygens (including phenoxy) is 1. The standard InChI is InChI=1S/C13H19N3O4S/c1-21(18,19)16-12-5-3-2-4-11(12)15-13(17)8-10-9-14-6-7-20-10/h2-5,10,14,16H,6-9H2,1H3,(H,15,17). The maximum absolute atomic E-state index is 12.0. The molecule has 0 saturated carbocycles. The molecular formula is C13H19N3O4S. The summed E-state index contributed by atoms with van der Waals surface area (Å²) in [4.78, 5) is 12.0. The molecule has 1 aromatic carbocycles. The Labute approximate surface area is 124 Å². The average molecular weight is 313 g/mol. The van der Waals surface area contributed by atoms with Crippen LogP contribution in [0.3, 0.4) is 0 Å². The van der Waals surface area contributed by atoms with Crippen molar-refractivity contribution >= 4 is 27.3 Å². The van der Waals surface area contributed by atoms with E-state index in [1.54, 1.807) is 24.3 Å². The Morgan fingerprint density at radius 1 is 1.38 bits per heavy atom. The van der Waals surface area contributed by atoms with Gasteiger partial charge in [0.25, 0.3) is 0 Å². The lowest BCUT2D eigenvalue weighted by atomic mass is 10.2. The number of carbonyl (C=O) groups excluding carboxylic acids is 1. The molecule has 0 spiro atoms. The van der Waals surface area contributed by atoms with Crippen molar-refractivity contribution in [2.45, 2.75) is 12.5 Å². The molecule has 1 atom stereocenters. The quantitative estimate of drug-likeness (QED) is 0.730. The number of hydrogen-bond donors (Lipinski definition) is 3. The summed E-state index contributed by atoms with van der Waals surface area (Å²) in [6, 6.07) is 6.65. The molecule has 1 aliphatic rings. The zero-order valence-electron chi connectivity index (χ0n) is 11.8. The Bertz CT molecular complexity index is 597. The smallest absolute Gasteiger partial charge is 0.229 e. The third-order valence-electron chi connectivity index (χ3n) is 2.91. The molecule has 1 saturated heterocycles. The number of sulfonamides is 1. The summed E-state index contributed by atoms with van der Waals surface area (Å²) in [7, 11) is -3.40. The van der Waals surface area contributed by atoms with Crippen LogP contribution >= 0.6 is 0 Å². The Balaban J connectivity index is 2.00. The highest BCUT2D eigenvalue weighted by Crippen LogP contribution is 2.22. The first kappa shape index (κ1) is 15.7. The van der Waals surface area contributed by atoms with Gasteiger partial charge >= 0.3 is 0 Å². The van der Waals surface area contributed by atoms with Crippen LogP contribution in [-0.2, 0) is 19.6 Å². The molecule has 7 nitrogen and oxygen atoms in total. The number of anilines is 2. The Morgan fingerprint density at radius 3 is 2.71 bits per heavy atom. The molecule has 2 rings (SSSR count). The van der Waals surface area contributed by atoms with Gasteiger partial charge in [0, 0.05) is 13.1 Å². The zero-order chi connectivity index (χ0) is 15.3. The molecular weight excluding hydrogens is 294 g/mol. The third kappa shape index (κ3) is 5.33. The molecule has 1 amide bonds. The number of para-hydroxylation sites is 2. The third-order valence-corrected chi connectivity index (χ3v) is 3.50. The minimum absolute atomic E-state index is 0.159. The molecule has 21 heavy (non-hydrogen) atoms. The van der Waals surface area contributed by atoms with Crippen molar-refractivity contribution in [3.63, 3.8) is 0 Å². The van der Waals surface area contributed by atoms with Gasteiger partial charge < -0.3 is 15.4 Å². The number of morpholine rings is 1. The Kier molecular flexibility index (Phi) is 5.16. The number of benzene rings is 1. The van der Waals surface area contributed by atoms with E-state index in [0.717, 1.165) is 12.8 Å². The van der Waals surface area contributed by atoms with Crippen LogP contribution in [0.5, 0.6) is 0 Å². The van der Waals surface area contributed by atoms with E-state index in [9.17, 15) is 13.2 Å². The monoisotopic (exact) mass is 313 g/mol. The van der Waals surface area contributed by atoms with Crippen molar-refractivity contribution in [1.29, 1.82) is 0 Å². The fourth-order valence-electron chi connectivity index (χ4n) is 2.04. The molecule has 0 aliphatic carbocycles. The number of carbonyl (C=O) groups is 1. The number of hydrogen-bond acceptors (Lipinski definition) is 5. The number of amides is 1. The molecule has 1 aromatic rings. The predicted molar refractivity (Wildman–Crippen MR) is 80.8 cm³/mol. The fourth-order valence-corrected chi connectivity index (χ4v) is 2.62. The van der Waals surface area contributed by atoms with Gasteiger partial charge in [0.05, 0.1) is 36.8 Å². The molecule has 3 N–H and O–H groups in total. The summed E-state index contributed by atoms with van der Waals surface area (Å²) >= 11 is 0. The van der Waals surface area contributed by atoms with E-state index in [1.165, 1.54) is 0 Å². The van der Waals surface area contributed by atoms with Crippen molar-refractivity contribution < 1.29 is 17.9 Å². The molecule has 1 fully saturated rings. The first-order chi connectivity index (χ1) is 9.94. The maximum Gasteiger partial charge on any atom is 0.229 e. The zero-order valence-corrected chi connectivity index (χ0v) is 12.6. The second kappa shape index (κ2) is 6.88. The number of nitrogens with one attached hydrogen (secondary N) is 3. The minimum atomic E-state index is -3.40. The van der Waals surface area contributed by atoms with E-state index in [2.05, 4.69) is 15.4 Å². The van der Waals surface area contributed by atoms with Gasteiger partial charge in [-0.3, -0.25) is 9.52 Å². The summed E-state index contributed by atoms with van der Waals surface area (Å²) in [6.07, 6.45) is 1.13. The van der Waals surface area contributed by atoms with Crippen LogP contribution in [0.1, 0.15) is 6.42 Å². The van der Waals surface area contributed by atoms with Gasteiger partial charge in [-0.05, 0) is 12.1 Å². The van der Waals surface area contributed by atoms with E-state index >= 15 is 0 Å². The molecule has 0 aromatic heterocycles. The van der Waals surface area contributed by atoms with E-state index in [0.29, 0.717) is 24.5 Å². The van der Waals surface area contributed by atoms with Gasteiger partial charge in [-0.1, -0.05) is 12.1 Å². The van der Waals surface area contributed by atoms with Gasteiger partial charge in [-0.25, -0.2) is 8.42 Å². The van der Waals surface area contributed by atoms with Crippen LogP contribution in [0.15, 0.2) is 24.3 Å². The lowest BCUT2D eigenvalue weighted by molar-refractivity contribution is -0.119. The van der Waals surface area contributed by atoms with Gasteiger partial charge in [0.15, 0.2) is 0 Å². The normalized spacial score (nSPS) is 19.0. The van der Waals surface area contributed by atoms with E-state index in [-0.39, 0.29) is 18.4 Å². The fraction of sp³-hybridized carbons (Fsp3) is 0.462. The van der Waals surface area contributed by atoms with Crippen LogP contribution in [0, 0.1) is 0 Å². The van der Waals surface area contributed by atoms with Crippen molar-refractivity contribution in [2.24, 2.45) is 0 Å². The first-order valence-electron chi connectivity index (χ1n) is 6.63. The second-order valence-corrected chi connectivity index (χ2v) is 6.62. The highest BCUT2D eigenvalue weighted by molar-refractivity contribution is 7.92. The summed E-state index contributed by atoms with van der Waals surface area (Å²) in [5, 5.41) is 5.86. The SMILES string of the molecule is CS(=O)(=O)Nc1ccccc1NC(=O)CC1CNCCO1. The molecule has 116 valence electrons. The highest BCUT2D eigenvalue weighted by Gasteiger charge is 2.18. The Hall–Kier alpha value is -1.64. The predicted octanol–water partition coefficient (Wildman–Crippen LogP) is 0.375. The van der Waals surface area contributed by atoms with E-state index in [4.69, 9.17) is 4.74 Å². The van der Waals surface area contributed by atoms with Crippen LogP contribution in [-0.4, -0.2) is 46.4 Å². The molecule has 0 bridgehead atoms. The van der Waals surface area contributed by atoms with Gasteiger partial charge in [-0.15, -0.1) is 0 Å². The van der Waals surface area contributed by atoms with E-state index < -0.39 is 10.0 Å². The molecule has 1 aliphatic heterocycles. The second-order valence-electron chi connectivity index (χ2n) is 4.87. The number of rotatable bonds is 5. The summed E-state index contributed by atoms with van der Waals surface area (Å²) < 4.78 is 30.4. The summed E-state index contributed by atoms with van der Waals surface area (Å²) in [5.41, 5.74) is 0.771. The minimum Gasteiger partial charge on any atom is -0.375 e. The van der Waals surface area contributed by atoms with Crippen molar-refractivity contribution in [1.82, 2.24) is 5.32 Å². The van der Waals surface area contributed by atoms with Gasteiger partial charge in [0.2, 0.25) is 15.9 Å². The van der Waals surface area contributed by atoms with Crippen LogP contribution in [0.2, 0.25) is 0 Å². The first-order valence-corrected chi connectivity index (χ1v) is 8.52. The van der Waals surface area contributed by atoms with Crippen molar-refractivity contribution in [3.8, 4) is 0 Å². The van der Waals surface area contributed by atoms with Crippen LogP contribution in [0.4, 0.5) is 11.4 Å². The van der Waals surface area contributed by atoms with Crippen LogP contribution in [0.25, 0.3) is 0 Å². The summed E-state index contributed by atoms with van der Waals surface area (Å²) in [6.45, 7) is 2.01. The lowest BCUT2D eigenvalue weighted by Gasteiger charge is -2.23. The van der Waals surface area contributed by atoms with Crippen molar-refractivity contribution in [2.75, 3.05) is 36.0 Å². The van der Waals surface area contributed by atoms with Gasteiger partial charge in [0.1, 0.15) is 0 Å². The maximum atomic E-state index is 12.0. The topological polar surface area (TPSA) is 96.5 Å². The van der Waals surface area contributed by atoms with E-state index in [1.807, 2.05) is 0 Å². The molecule has 8 heteroatoms. The average Bonchev–Trinajstić information content (AvgIpc) is 2.40. The molecule has 1 heterocycles. The Morgan fingerprint density at radius 2 is 2.10 bits per heavy atom.